The van der Waals surface area contributed by atoms with E-state index >= 15 is 0 Å². The number of ether oxygens (including phenoxy) is 2. The second-order valence-corrected chi connectivity index (χ2v) is 7.15. The van der Waals surface area contributed by atoms with E-state index in [1.807, 2.05) is 0 Å². The van der Waals surface area contributed by atoms with Gasteiger partial charge in [0, 0.05) is 23.9 Å². The molecular weight excluding hydrogens is 405 g/mol. The van der Waals surface area contributed by atoms with E-state index in [1.54, 1.807) is 23.1 Å². The first-order valence-electron chi connectivity index (χ1n) is 8.70. The third-order valence-corrected chi connectivity index (χ3v) is 5.38. The first-order valence-corrected chi connectivity index (χ1v) is 9.68. The Labute approximate surface area is 170 Å². The van der Waals surface area contributed by atoms with Crippen molar-refractivity contribution in [1.29, 1.82) is 0 Å². The van der Waals surface area contributed by atoms with E-state index in [4.69, 9.17) is 9.47 Å². The number of nitrogens with zero attached hydrogens (tertiary/aromatic N) is 2. The standard InChI is InChI=1S/C20H19F3N2O3S/c1-27-16-9-14(10-17(11-16)28-2)18(26)25-8-7-24-19(25)29-12-13-3-5-15(6-4-13)20(21,22)23/h3-6,9-11H,7-8,12H2,1-2H3. The number of halogens is 3. The average molecular weight is 424 g/mol. The lowest BCUT2D eigenvalue weighted by Gasteiger charge is -2.19. The number of amidine groups is 1. The largest absolute Gasteiger partial charge is 0.497 e. The number of aliphatic imine (C=N–C) groups is 1. The number of thioether (sulfide) groups is 1. The van der Waals surface area contributed by atoms with Crippen molar-refractivity contribution in [3.8, 4) is 11.5 Å². The molecule has 1 aliphatic rings. The molecule has 0 atom stereocenters. The Morgan fingerprint density at radius 1 is 1.10 bits per heavy atom. The van der Waals surface area contributed by atoms with Crippen LogP contribution in [0.1, 0.15) is 21.5 Å². The lowest BCUT2D eigenvalue weighted by Crippen LogP contribution is -2.32. The van der Waals surface area contributed by atoms with Crippen LogP contribution >= 0.6 is 11.8 Å². The normalized spacial score (nSPS) is 14.0. The van der Waals surface area contributed by atoms with Gasteiger partial charge in [-0.05, 0) is 29.8 Å². The van der Waals surface area contributed by atoms with Gasteiger partial charge in [0.05, 0.1) is 26.3 Å². The summed E-state index contributed by atoms with van der Waals surface area (Å²) >= 11 is 1.31. The second kappa shape index (κ2) is 8.77. The lowest BCUT2D eigenvalue weighted by molar-refractivity contribution is -0.137. The molecule has 0 N–H and O–H groups in total. The van der Waals surface area contributed by atoms with Crippen molar-refractivity contribution in [3.63, 3.8) is 0 Å². The van der Waals surface area contributed by atoms with E-state index in [0.29, 0.717) is 46.6 Å². The Morgan fingerprint density at radius 2 is 1.72 bits per heavy atom. The molecule has 1 aliphatic heterocycles. The number of carbonyl (C=O) groups excluding carboxylic acids is 1. The molecule has 9 heteroatoms. The van der Waals surface area contributed by atoms with Gasteiger partial charge in [-0.3, -0.25) is 14.7 Å². The van der Waals surface area contributed by atoms with Crippen molar-refractivity contribution in [2.24, 2.45) is 4.99 Å². The highest BCUT2D eigenvalue weighted by atomic mass is 32.2. The van der Waals surface area contributed by atoms with Crippen molar-refractivity contribution in [2.75, 3.05) is 27.3 Å². The molecular formula is C20H19F3N2O3S. The Bertz CT molecular complexity index is 892. The zero-order chi connectivity index (χ0) is 21.0. The van der Waals surface area contributed by atoms with Gasteiger partial charge in [-0.15, -0.1) is 0 Å². The van der Waals surface area contributed by atoms with E-state index in [9.17, 15) is 18.0 Å². The van der Waals surface area contributed by atoms with Gasteiger partial charge in [0.1, 0.15) is 11.5 Å². The quantitative estimate of drug-likeness (QED) is 0.711. The maximum Gasteiger partial charge on any atom is 0.416 e. The molecule has 0 spiro atoms. The number of methoxy groups -OCH3 is 2. The summed E-state index contributed by atoms with van der Waals surface area (Å²) in [5, 5.41) is 0.539. The number of carbonyl (C=O) groups is 1. The van der Waals surface area contributed by atoms with E-state index in [1.165, 1.54) is 38.1 Å². The van der Waals surface area contributed by atoms with Crippen molar-refractivity contribution < 1.29 is 27.4 Å². The second-order valence-electron chi connectivity index (χ2n) is 6.21. The summed E-state index contributed by atoms with van der Waals surface area (Å²) in [6.45, 7) is 0.913. The predicted octanol–water partition coefficient (Wildman–Crippen LogP) is 4.47. The average Bonchev–Trinajstić information content (AvgIpc) is 3.19. The highest BCUT2D eigenvalue weighted by Gasteiger charge is 2.30. The zero-order valence-electron chi connectivity index (χ0n) is 15.8. The first kappa shape index (κ1) is 21.0. The van der Waals surface area contributed by atoms with Crippen LogP contribution in [0.2, 0.25) is 0 Å². The summed E-state index contributed by atoms with van der Waals surface area (Å²) in [4.78, 5) is 18.9. The van der Waals surface area contributed by atoms with Crippen LogP contribution in [-0.4, -0.2) is 43.3 Å². The molecule has 0 radical (unpaired) electrons. The molecule has 0 saturated heterocycles. The number of hydrogen-bond acceptors (Lipinski definition) is 5. The van der Waals surface area contributed by atoms with E-state index in [2.05, 4.69) is 4.99 Å². The van der Waals surface area contributed by atoms with Crippen LogP contribution in [0.25, 0.3) is 0 Å². The van der Waals surface area contributed by atoms with Crippen LogP contribution in [0.5, 0.6) is 11.5 Å². The molecule has 3 rings (SSSR count). The molecule has 1 heterocycles. The van der Waals surface area contributed by atoms with E-state index in [0.717, 1.165) is 12.1 Å². The monoisotopic (exact) mass is 424 g/mol. The van der Waals surface area contributed by atoms with Gasteiger partial charge in [-0.2, -0.15) is 13.2 Å². The van der Waals surface area contributed by atoms with E-state index in [-0.39, 0.29) is 5.91 Å². The Hall–Kier alpha value is -2.68. The van der Waals surface area contributed by atoms with Crippen molar-refractivity contribution in [3.05, 3.63) is 59.2 Å². The van der Waals surface area contributed by atoms with Crippen LogP contribution in [0.15, 0.2) is 47.5 Å². The molecule has 1 amide bonds. The van der Waals surface area contributed by atoms with Gasteiger partial charge >= 0.3 is 6.18 Å². The maximum atomic E-state index is 13.0. The number of alkyl halides is 3. The summed E-state index contributed by atoms with van der Waals surface area (Å²) in [6.07, 6.45) is -4.36. The molecule has 29 heavy (non-hydrogen) atoms. The lowest BCUT2D eigenvalue weighted by atomic mass is 10.1. The van der Waals surface area contributed by atoms with Gasteiger partial charge in [0.15, 0.2) is 5.17 Å². The third-order valence-electron chi connectivity index (χ3n) is 4.29. The fraction of sp³-hybridized carbons (Fsp3) is 0.300. The van der Waals surface area contributed by atoms with Gasteiger partial charge in [0.2, 0.25) is 0 Å². The van der Waals surface area contributed by atoms with Crippen molar-refractivity contribution in [2.45, 2.75) is 11.9 Å². The molecule has 2 aromatic carbocycles. The first-order chi connectivity index (χ1) is 13.8. The predicted molar refractivity (Wildman–Crippen MR) is 106 cm³/mol. The molecule has 0 aliphatic carbocycles. The summed E-state index contributed by atoms with van der Waals surface area (Å²) in [6, 6.07) is 9.90. The Balaban J connectivity index is 1.69. The summed E-state index contributed by atoms with van der Waals surface area (Å²) in [5.41, 5.74) is 0.437. The topological polar surface area (TPSA) is 51.1 Å². The SMILES string of the molecule is COc1cc(OC)cc(C(=O)N2CCN=C2SCc2ccc(C(F)(F)F)cc2)c1. The fourth-order valence-corrected chi connectivity index (χ4v) is 3.76. The maximum absolute atomic E-state index is 13.0. The van der Waals surface area contributed by atoms with Gasteiger partial charge in [-0.1, -0.05) is 23.9 Å². The zero-order valence-corrected chi connectivity index (χ0v) is 16.6. The van der Waals surface area contributed by atoms with E-state index < -0.39 is 11.7 Å². The van der Waals surface area contributed by atoms with Gasteiger partial charge in [-0.25, -0.2) is 0 Å². The summed E-state index contributed by atoms with van der Waals surface area (Å²) < 4.78 is 48.4. The fourth-order valence-electron chi connectivity index (χ4n) is 2.76. The third kappa shape index (κ3) is 5.03. The molecule has 0 saturated carbocycles. The number of rotatable bonds is 5. The van der Waals surface area contributed by atoms with Crippen molar-refractivity contribution in [1.82, 2.24) is 4.90 Å². The molecule has 0 aromatic heterocycles. The van der Waals surface area contributed by atoms with Gasteiger partial charge in [0.25, 0.3) is 5.91 Å². The number of amides is 1. The Morgan fingerprint density at radius 3 is 2.28 bits per heavy atom. The minimum Gasteiger partial charge on any atom is -0.497 e. The Kier molecular flexibility index (Phi) is 6.36. The smallest absolute Gasteiger partial charge is 0.416 e. The minimum absolute atomic E-state index is 0.238. The number of benzene rings is 2. The van der Waals surface area contributed by atoms with Crippen LogP contribution in [0.4, 0.5) is 13.2 Å². The van der Waals surface area contributed by atoms with Crippen LogP contribution in [0.3, 0.4) is 0 Å². The highest BCUT2D eigenvalue weighted by molar-refractivity contribution is 8.13. The minimum atomic E-state index is -4.36. The summed E-state index contributed by atoms with van der Waals surface area (Å²) in [7, 11) is 3.01. The van der Waals surface area contributed by atoms with Crippen molar-refractivity contribution >= 4 is 22.8 Å². The molecule has 0 fully saturated rings. The van der Waals surface area contributed by atoms with Crippen LogP contribution in [-0.2, 0) is 11.9 Å². The summed E-state index contributed by atoms with van der Waals surface area (Å²) in [5.74, 6) is 1.17. The molecule has 154 valence electrons. The molecule has 2 aromatic rings. The van der Waals surface area contributed by atoms with Crippen LogP contribution < -0.4 is 9.47 Å². The molecule has 5 nitrogen and oxygen atoms in total. The number of hydrogen-bond donors (Lipinski definition) is 0. The van der Waals surface area contributed by atoms with Crippen LogP contribution in [0, 0.1) is 0 Å². The molecule has 0 bridgehead atoms. The van der Waals surface area contributed by atoms with Gasteiger partial charge < -0.3 is 9.47 Å². The highest BCUT2D eigenvalue weighted by Crippen LogP contribution is 2.30. The molecule has 0 unspecified atom stereocenters.